The fraction of sp³-hybridized carbons (Fsp3) is 0.0638. The highest BCUT2D eigenvalue weighted by Gasteiger charge is 2.36. The maximum Gasteiger partial charge on any atom is 0.160 e. The van der Waals surface area contributed by atoms with E-state index < -0.39 is 0 Å². The van der Waals surface area contributed by atoms with Crippen LogP contribution >= 0.6 is 0 Å². The number of pyridine rings is 1. The van der Waals surface area contributed by atoms with Crippen LogP contribution in [0.4, 0.5) is 0 Å². The minimum absolute atomic E-state index is 0.213. The van der Waals surface area contributed by atoms with Crippen molar-refractivity contribution in [3.63, 3.8) is 0 Å². The van der Waals surface area contributed by atoms with Crippen LogP contribution in [0.5, 0.6) is 0 Å². The molecule has 51 heavy (non-hydrogen) atoms. The maximum absolute atomic E-state index is 9.68. The normalized spacial score (nSPS) is 12.6. The van der Waals surface area contributed by atoms with Gasteiger partial charge in [0.2, 0.25) is 0 Å². The summed E-state index contributed by atoms with van der Waals surface area (Å²) >= 11 is 0. The number of rotatable bonds is 5. The van der Waals surface area contributed by atoms with E-state index in [1.165, 1.54) is 33.0 Å². The van der Waals surface area contributed by atoms with Crippen molar-refractivity contribution in [3.05, 3.63) is 175 Å². The first-order chi connectivity index (χ1) is 25.0. The van der Waals surface area contributed by atoms with E-state index in [2.05, 4.69) is 122 Å². The average Bonchev–Trinajstić information content (AvgIpc) is 3.43. The molecule has 0 unspecified atom stereocenters. The Morgan fingerprint density at radius 2 is 1.22 bits per heavy atom. The molecule has 0 atom stereocenters. The van der Waals surface area contributed by atoms with Crippen LogP contribution in [-0.4, -0.2) is 15.0 Å². The molecule has 0 saturated heterocycles. The minimum Gasteiger partial charge on any atom is -0.264 e. The molecule has 6 aromatic carbocycles. The summed E-state index contributed by atoms with van der Waals surface area (Å²) in [7, 11) is 0. The zero-order chi connectivity index (χ0) is 34.5. The Morgan fingerprint density at radius 3 is 1.96 bits per heavy atom. The van der Waals surface area contributed by atoms with Crippen LogP contribution in [-0.2, 0) is 5.41 Å². The quantitative estimate of drug-likeness (QED) is 0.186. The molecule has 1 aliphatic carbocycles. The van der Waals surface area contributed by atoms with Crippen molar-refractivity contribution in [2.24, 2.45) is 0 Å². The second-order valence-electron chi connectivity index (χ2n) is 13.6. The number of hydrogen-bond acceptors (Lipinski definition) is 4. The molecule has 0 bridgehead atoms. The monoisotopic (exact) mass is 652 g/mol. The Bertz CT molecular complexity index is 2600. The topological polar surface area (TPSA) is 62.5 Å². The summed E-state index contributed by atoms with van der Waals surface area (Å²) in [5.41, 5.74) is 14.4. The lowest BCUT2D eigenvalue weighted by molar-refractivity contribution is 0.660. The van der Waals surface area contributed by atoms with Crippen LogP contribution in [0.2, 0.25) is 0 Å². The lowest BCUT2D eigenvalue weighted by Gasteiger charge is -2.22. The van der Waals surface area contributed by atoms with E-state index >= 15 is 0 Å². The van der Waals surface area contributed by atoms with Gasteiger partial charge in [0.05, 0.1) is 23.0 Å². The number of hydrogen-bond donors (Lipinski definition) is 0. The molecule has 8 aromatic rings. The van der Waals surface area contributed by atoms with Crippen molar-refractivity contribution in [3.8, 4) is 73.4 Å². The van der Waals surface area contributed by atoms with Gasteiger partial charge in [-0.2, -0.15) is 5.26 Å². The van der Waals surface area contributed by atoms with Gasteiger partial charge in [-0.3, -0.25) is 4.98 Å². The van der Waals surface area contributed by atoms with Gasteiger partial charge in [-0.05, 0) is 92.2 Å². The molecule has 4 heteroatoms. The Balaban J connectivity index is 1.28. The molecule has 1 aliphatic rings. The zero-order valence-corrected chi connectivity index (χ0v) is 28.3. The summed E-state index contributed by atoms with van der Waals surface area (Å²) in [5, 5.41) is 12.1. The van der Waals surface area contributed by atoms with Gasteiger partial charge in [-0.15, -0.1) is 0 Å². The predicted molar refractivity (Wildman–Crippen MR) is 207 cm³/mol. The third kappa shape index (κ3) is 5.19. The molecule has 0 N–H and O–H groups in total. The summed E-state index contributed by atoms with van der Waals surface area (Å²) in [5.74, 6) is 0.682. The largest absolute Gasteiger partial charge is 0.264 e. The second kappa shape index (κ2) is 12.0. The molecular weight excluding hydrogens is 621 g/mol. The lowest BCUT2D eigenvalue weighted by atomic mass is 9.81. The van der Waals surface area contributed by atoms with E-state index in [-0.39, 0.29) is 5.41 Å². The highest BCUT2D eigenvalue weighted by Crippen LogP contribution is 2.52. The smallest absolute Gasteiger partial charge is 0.160 e. The standard InChI is InChI=1S/C47H32N4/c1-47(2)41-21-20-38-37(16-9-17-39(38)45(41)40-19-18-30(28-48)23-42(40)47)35-24-34(33-15-10-22-49-29-33)25-36(26-35)44-27-43(31-11-5-3-6-12-31)50-46(51-44)32-13-7-4-8-14-32/h3-27,29H,1-2H3. The zero-order valence-electron chi connectivity index (χ0n) is 28.3. The number of fused-ring (bicyclic) bond motifs is 5. The average molecular weight is 653 g/mol. The first kappa shape index (κ1) is 30.4. The van der Waals surface area contributed by atoms with Crippen LogP contribution < -0.4 is 0 Å². The third-order valence-corrected chi connectivity index (χ3v) is 10.2. The van der Waals surface area contributed by atoms with Gasteiger partial charge in [0, 0.05) is 40.1 Å². The molecule has 0 radical (unpaired) electrons. The molecule has 0 fully saturated rings. The first-order valence-corrected chi connectivity index (χ1v) is 17.2. The Hall–Kier alpha value is -6.70. The van der Waals surface area contributed by atoms with Crippen molar-refractivity contribution in [2.75, 3.05) is 0 Å². The molecule has 2 aromatic heterocycles. The molecule has 0 aliphatic heterocycles. The minimum atomic E-state index is -0.213. The van der Waals surface area contributed by atoms with Crippen LogP contribution in [0.1, 0.15) is 30.5 Å². The molecule has 2 heterocycles. The Labute approximate surface area is 297 Å². The van der Waals surface area contributed by atoms with Crippen LogP contribution in [0.3, 0.4) is 0 Å². The van der Waals surface area contributed by atoms with E-state index in [1.807, 2.05) is 54.7 Å². The van der Waals surface area contributed by atoms with Crippen molar-refractivity contribution >= 4 is 10.8 Å². The highest BCUT2D eigenvalue weighted by atomic mass is 14.9. The van der Waals surface area contributed by atoms with Gasteiger partial charge >= 0.3 is 0 Å². The Kier molecular flexibility index (Phi) is 7.15. The molecule has 9 rings (SSSR count). The van der Waals surface area contributed by atoms with Crippen molar-refractivity contribution in [1.82, 2.24) is 15.0 Å². The SMILES string of the molecule is CC1(C)c2cc(C#N)ccc2-c2c1ccc1c(-c3cc(-c4cccnc4)cc(-c4cc(-c5ccccc5)nc(-c5ccccc5)n4)c3)cccc21. The maximum atomic E-state index is 9.68. The van der Waals surface area contributed by atoms with E-state index in [9.17, 15) is 5.26 Å². The summed E-state index contributed by atoms with van der Waals surface area (Å²) in [6.07, 6.45) is 3.72. The molecule has 240 valence electrons. The summed E-state index contributed by atoms with van der Waals surface area (Å²) < 4.78 is 0. The van der Waals surface area contributed by atoms with Gasteiger partial charge in [-0.25, -0.2) is 9.97 Å². The first-order valence-electron chi connectivity index (χ1n) is 17.2. The number of nitrogens with zero attached hydrogens (tertiary/aromatic N) is 4. The van der Waals surface area contributed by atoms with Crippen LogP contribution in [0.25, 0.3) is 78.1 Å². The van der Waals surface area contributed by atoms with Gasteiger partial charge in [0.25, 0.3) is 0 Å². The van der Waals surface area contributed by atoms with Gasteiger partial charge in [0.15, 0.2) is 5.82 Å². The van der Waals surface area contributed by atoms with Crippen molar-refractivity contribution in [2.45, 2.75) is 19.3 Å². The Morgan fingerprint density at radius 1 is 0.510 bits per heavy atom. The molecular formula is C47H32N4. The van der Waals surface area contributed by atoms with Crippen LogP contribution in [0.15, 0.2) is 158 Å². The van der Waals surface area contributed by atoms with E-state index in [0.29, 0.717) is 11.4 Å². The third-order valence-electron chi connectivity index (χ3n) is 10.2. The van der Waals surface area contributed by atoms with E-state index in [0.717, 1.165) is 50.3 Å². The highest BCUT2D eigenvalue weighted by molar-refractivity contribution is 6.08. The van der Waals surface area contributed by atoms with Crippen molar-refractivity contribution < 1.29 is 0 Å². The molecule has 0 amide bonds. The van der Waals surface area contributed by atoms with Gasteiger partial charge < -0.3 is 0 Å². The fourth-order valence-electron chi connectivity index (χ4n) is 7.61. The lowest BCUT2D eigenvalue weighted by Crippen LogP contribution is -2.15. The molecule has 0 saturated carbocycles. The second-order valence-corrected chi connectivity index (χ2v) is 13.6. The molecule has 0 spiro atoms. The summed E-state index contributed by atoms with van der Waals surface area (Å²) in [6, 6.07) is 53.0. The van der Waals surface area contributed by atoms with Crippen molar-refractivity contribution in [1.29, 1.82) is 5.26 Å². The summed E-state index contributed by atoms with van der Waals surface area (Å²) in [6.45, 7) is 4.51. The fourth-order valence-corrected chi connectivity index (χ4v) is 7.61. The van der Waals surface area contributed by atoms with Crippen LogP contribution in [0, 0.1) is 11.3 Å². The predicted octanol–water partition coefficient (Wildman–Crippen LogP) is 11.5. The number of nitriles is 1. The van der Waals surface area contributed by atoms with Gasteiger partial charge in [-0.1, -0.05) is 117 Å². The van der Waals surface area contributed by atoms with E-state index in [4.69, 9.17) is 9.97 Å². The summed E-state index contributed by atoms with van der Waals surface area (Å²) in [4.78, 5) is 14.7. The van der Waals surface area contributed by atoms with E-state index in [1.54, 1.807) is 6.20 Å². The molecule has 4 nitrogen and oxygen atoms in total. The number of aromatic nitrogens is 3. The number of benzene rings is 6. The van der Waals surface area contributed by atoms with Gasteiger partial charge in [0.1, 0.15) is 0 Å².